The summed E-state index contributed by atoms with van der Waals surface area (Å²) >= 11 is 0. The van der Waals surface area contributed by atoms with E-state index in [9.17, 15) is 19.1 Å². The molecule has 0 spiro atoms. The molecule has 0 aromatic heterocycles. The Hall–Kier alpha value is -3.09. The van der Waals surface area contributed by atoms with Crippen LogP contribution in [0.15, 0.2) is 48.5 Å². The maximum Gasteiger partial charge on any atom is 0.410 e. The second-order valence-corrected chi connectivity index (χ2v) is 9.53. The standard InChI is InChI=1S/C25H29FN2O4/c1-24(2,3)32-23(31)27-14-13-19(16-27)25(18-8-10-20(26)11-9-18)21-7-5-4-6-17(21)12-15-28(25)22(29)30/h4-11,19H,12-16H2,1-3H3,(H,29,30)/t19?,25-/m1/s1. The van der Waals surface area contributed by atoms with E-state index in [-0.39, 0.29) is 11.7 Å². The van der Waals surface area contributed by atoms with E-state index in [0.29, 0.717) is 38.0 Å². The summed E-state index contributed by atoms with van der Waals surface area (Å²) in [4.78, 5) is 28.4. The van der Waals surface area contributed by atoms with Gasteiger partial charge in [-0.05, 0) is 62.4 Å². The number of rotatable bonds is 2. The number of carbonyl (C=O) groups is 2. The Kier molecular flexibility index (Phi) is 5.61. The maximum absolute atomic E-state index is 13.8. The Balaban J connectivity index is 1.84. The largest absolute Gasteiger partial charge is 0.465 e. The molecule has 32 heavy (non-hydrogen) atoms. The first-order valence-corrected chi connectivity index (χ1v) is 11.0. The zero-order chi connectivity index (χ0) is 23.1. The highest BCUT2D eigenvalue weighted by Crippen LogP contribution is 2.49. The van der Waals surface area contributed by atoms with Gasteiger partial charge in [-0.1, -0.05) is 36.4 Å². The van der Waals surface area contributed by atoms with Crippen LogP contribution in [0.3, 0.4) is 0 Å². The molecule has 0 radical (unpaired) electrons. The van der Waals surface area contributed by atoms with Crippen LogP contribution in [0.5, 0.6) is 0 Å². The van der Waals surface area contributed by atoms with E-state index in [1.807, 2.05) is 45.0 Å². The minimum atomic E-state index is -1.03. The van der Waals surface area contributed by atoms with Gasteiger partial charge in [-0.15, -0.1) is 0 Å². The molecule has 6 nitrogen and oxygen atoms in total. The fraction of sp³-hybridized carbons (Fsp3) is 0.440. The Labute approximate surface area is 187 Å². The zero-order valence-corrected chi connectivity index (χ0v) is 18.7. The van der Waals surface area contributed by atoms with Crippen LogP contribution < -0.4 is 0 Å². The molecule has 2 aromatic rings. The van der Waals surface area contributed by atoms with Crippen LogP contribution in [-0.2, 0) is 16.7 Å². The molecule has 2 amide bonds. The summed E-state index contributed by atoms with van der Waals surface area (Å²) in [6.45, 7) is 6.61. The van der Waals surface area contributed by atoms with E-state index in [0.717, 1.165) is 11.1 Å². The molecule has 2 aromatic carbocycles. The Morgan fingerprint density at radius 2 is 1.78 bits per heavy atom. The van der Waals surface area contributed by atoms with Crippen molar-refractivity contribution < 1.29 is 23.8 Å². The number of hydrogen-bond donors (Lipinski definition) is 1. The van der Waals surface area contributed by atoms with E-state index < -0.39 is 23.3 Å². The van der Waals surface area contributed by atoms with Crippen LogP contribution in [0.4, 0.5) is 14.0 Å². The number of hydrogen-bond acceptors (Lipinski definition) is 3. The minimum absolute atomic E-state index is 0.210. The van der Waals surface area contributed by atoms with E-state index in [1.54, 1.807) is 17.0 Å². The van der Waals surface area contributed by atoms with Gasteiger partial charge < -0.3 is 14.7 Å². The normalized spacial score (nSPS) is 23.1. The smallest absolute Gasteiger partial charge is 0.410 e. The predicted octanol–water partition coefficient (Wildman–Crippen LogP) is 4.86. The van der Waals surface area contributed by atoms with Crippen molar-refractivity contribution in [2.75, 3.05) is 19.6 Å². The number of carbonyl (C=O) groups excluding carboxylic acids is 1. The number of likely N-dealkylation sites (tertiary alicyclic amines) is 1. The van der Waals surface area contributed by atoms with E-state index in [1.165, 1.54) is 17.0 Å². The number of nitrogens with zero attached hydrogens (tertiary/aromatic N) is 2. The lowest BCUT2D eigenvalue weighted by Gasteiger charge is -2.51. The number of benzene rings is 2. The number of carboxylic acid groups (broad SMARTS) is 1. The molecule has 0 saturated carbocycles. The molecule has 2 aliphatic rings. The molecular weight excluding hydrogens is 411 g/mol. The van der Waals surface area contributed by atoms with E-state index >= 15 is 0 Å². The lowest BCUT2D eigenvalue weighted by molar-refractivity contribution is 0.0243. The lowest BCUT2D eigenvalue weighted by Crippen LogP contribution is -2.58. The first-order valence-electron chi connectivity index (χ1n) is 11.0. The summed E-state index contributed by atoms with van der Waals surface area (Å²) in [6, 6.07) is 13.9. The number of amides is 2. The molecule has 1 N–H and O–H groups in total. The van der Waals surface area contributed by atoms with Gasteiger partial charge in [-0.3, -0.25) is 4.90 Å². The first kappa shape index (κ1) is 22.1. The monoisotopic (exact) mass is 440 g/mol. The highest BCUT2D eigenvalue weighted by molar-refractivity contribution is 5.71. The maximum atomic E-state index is 13.8. The molecule has 1 unspecified atom stereocenters. The summed E-state index contributed by atoms with van der Waals surface area (Å²) in [5.74, 6) is -0.588. The van der Waals surface area contributed by atoms with Crippen LogP contribution in [0.1, 0.15) is 43.9 Å². The molecule has 4 rings (SSSR count). The van der Waals surface area contributed by atoms with Crippen molar-refractivity contribution in [3.63, 3.8) is 0 Å². The third kappa shape index (κ3) is 3.80. The third-order valence-corrected chi connectivity index (χ3v) is 6.40. The van der Waals surface area contributed by atoms with Crippen LogP contribution in [0, 0.1) is 11.7 Å². The van der Waals surface area contributed by atoms with Crippen molar-refractivity contribution in [2.45, 2.75) is 44.8 Å². The van der Waals surface area contributed by atoms with Crippen LogP contribution >= 0.6 is 0 Å². The summed E-state index contributed by atoms with van der Waals surface area (Å²) in [5, 5.41) is 10.3. The fourth-order valence-corrected chi connectivity index (χ4v) is 5.20. The quantitative estimate of drug-likeness (QED) is 0.724. The fourth-order valence-electron chi connectivity index (χ4n) is 5.20. The summed E-state index contributed by atoms with van der Waals surface area (Å²) < 4.78 is 19.4. The number of halogens is 1. The van der Waals surface area contributed by atoms with Crippen molar-refractivity contribution in [3.05, 3.63) is 71.0 Å². The van der Waals surface area contributed by atoms with E-state index in [2.05, 4.69) is 0 Å². The number of ether oxygens (including phenoxy) is 1. The predicted molar refractivity (Wildman–Crippen MR) is 118 cm³/mol. The molecule has 2 atom stereocenters. The molecule has 2 aliphatic heterocycles. The summed E-state index contributed by atoms with van der Waals surface area (Å²) in [5.41, 5.74) is 1.05. The minimum Gasteiger partial charge on any atom is -0.465 e. The van der Waals surface area contributed by atoms with Gasteiger partial charge in [-0.2, -0.15) is 0 Å². The average molecular weight is 441 g/mol. The van der Waals surface area contributed by atoms with Gasteiger partial charge in [0.05, 0.1) is 0 Å². The van der Waals surface area contributed by atoms with Crippen molar-refractivity contribution in [1.82, 2.24) is 9.80 Å². The van der Waals surface area contributed by atoms with Gasteiger partial charge in [0.2, 0.25) is 0 Å². The Bertz CT molecular complexity index is 1020. The van der Waals surface area contributed by atoms with Gasteiger partial charge in [-0.25, -0.2) is 14.0 Å². The van der Waals surface area contributed by atoms with Crippen molar-refractivity contribution in [2.24, 2.45) is 5.92 Å². The molecule has 1 fully saturated rings. The highest BCUT2D eigenvalue weighted by Gasteiger charge is 2.54. The Morgan fingerprint density at radius 1 is 1.09 bits per heavy atom. The van der Waals surface area contributed by atoms with Crippen molar-refractivity contribution in [3.8, 4) is 0 Å². The lowest BCUT2D eigenvalue weighted by atomic mass is 9.67. The number of fused-ring (bicyclic) bond motifs is 1. The Morgan fingerprint density at radius 3 is 2.44 bits per heavy atom. The van der Waals surface area contributed by atoms with Crippen molar-refractivity contribution in [1.29, 1.82) is 0 Å². The zero-order valence-electron chi connectivity index (χ0n) is 18.7. The van der Waals surface area contributed by atoms with Crippen LogP contribution in [0.25, 0.3) is 0 Å². The van der Waals surface area contributed by atoms with Gasteiger partial charge >= 0.3 is 12.2 Å². The van der Waals surface area contributed by atoms with Gasteiger partial charge in [0.15, 0.2) is 0 Å². The highest BCUT2D eigenvalue weighted by atomic mass is 19.1. The molecule has 2 heterocycles. The SMILES string of the molecule is CC(C)(C)OC(=O)N1CCC([C@]2(c3ccc(F)cc3)c3ccccc3CCN2C(=O)O)C1. The molecule has 0 aliphatic carbocycles. The van der Waals surface area contributed by atoms with Gasteiger partial charge in [0.1, 0.15) is 17.0 Å². The molecule has 1 saturated heterocycles. The van der Waals surface area contributed by atoms with Crippen LogP contribution in [-0.4, -0.2) is 52.3 Å². The topological polar surface area (TPSA) is 70.1 Å². The summed E-state index contributed by atoms with van der Waals surface area (Å²) in [7, 11) is 0. The van der Waals surface area contributed by atoms with Gasteiger partial charge in [0, 0.05) is 25.6 Å². The molecule has 170 valence electrons. The van der Waals surface area contributed by atoms with Crippen LogP contribution in [0.2, 0.25) is 0 Å². The second kappa shape index (κ2) is 8.11. The van der Waals surface area contributed by atoms with E-state index in [4.69, 9.17) is 4.74 Å². The third-order valence-electron chi connectivity index (χ3n) is 6.40. The second-order valence-electron chi connectivity index (χ2n) is 9.53. The van der Waals surface area contributed by atoms with Crippen molar-refractivity contribution >= 4 is 12.2 Å². The molecular formula is C25H29FN2O4. The summed E-state index contributed by atoms with van der Waals surface area (Å²) in [6.07, 6.45) is -0.220. The van der Waals surface area contributed by atoms with Gasteiger partial charge in [0.25, 0.3) is 0 Å². The molecule has 7 heteroatoms. The molecule has 0 bridgehead atoms. The first-order chi connectivity index (χ1) is 15.1. The average Bonchev–Trinajstić information content (AvgIpc) is 3.23.